The van der Waals surface area contributed by atoms with Crippen molar-refractivity contribution in [3.05, 3.63) is 16.7 Å². The lowest BCUT2D eigenvalue weighted by atomic mass is 10.1. The zero-order valence-corrected chi connectivity index (χ0v) is 16.1. The van der Waals surface area contributed by atoms with Gasteiger partial charge >= 0.3 is 6.36 Å². The summed E-state index contributed by atoms with van der Waals surface area (Å²) in [5.41, 5.74) is -1.41. The first-order chi connectivity index (χ1) is 14.1. The number of carbonyl (C=O) groups is 1. The predicted octanol–water partition coefficient (Wildman–Crippen LogP) is 1.76. The second kappa shape index (κ2) is 8.02. The fourth-order valence-electron chi connectivity index (χ4n) is 2.97. The molecule has 0 radical (unpaired) electrons. The number of amides is 1. The Morgan fingerprint density at radius 3 is 2.77 bits per heavy atom. The van der Waals surface area contributed by atoms with Crippen molar-refractivity contribution in [2.75, 3.05) is 5.32 Å². The highest BCUT2D eigenvalue weighted by Gasteiger charge is 2.49. The number of oxime groups is 1. The Kier molecular flexibility index (Phi) is 5.81. The number of nitrogens with zero attached hydrogens (tertiary/aromatic N) is 4. The molecule has 11 nitrogen and oxygen atoms in total. The van der Waals surface area contributed by atoms with Crippen LogP contribution in [0.15, 0.2) is 16.3 Å². The molecule has 1 aliphatic rings. The summed E-state index contributed by atoms with van der Waals surface area (Å²) < 4.78 is 49.7. The molecule has 2 aromatic heterocycles. The highest BCUT2D eigenvalue weighted by atomic mass is 19.4. The zero-order valence-electron chi connectivity index (χ0n) is 16.1. The lowest BCUT2D eigenvalue weighted by molar-refractivity contribution is -0.342. The number of hydrogen-bond acceptors (Lipinski definition) is 8. The van der Waals surface area contributed by atoms with E-state index in [2.05, 4.69) is 30.2 Å². The van der Waals surface area contributed by atoms with Crippen LogP contribution >= 0.6 is 0 Å². The van der Waals surface area contributed by atoms with E-state index in [9.17, 15) is 28.0 Å². The number of halogens is 3. The number of carbonyl (C=O) groups excluding carboxylic acids is 1. The van der Waals surface area contributed by atoms with Gasteiger partial charge in [0, 0.05) is 5.92 Å². The standard InChI is InChI=1S/C16H19F3N6O5/c1-4-7-8(24-28)10(30-16(17,18)19)14(29-7)25-5-20-9-11(25)21-15(23-13(9)27)22-12(26)6(2)3/h5-7,10,14,28H,4H2,1-3H3,(H2,21,22,23,26,27)/t7-,10-,14-/m1/s1. The van der Waals surface area contributed by atoms with Crippen molar-refractivity contribution in [3.63, 3.8) is 0 Å². The maximum absolute atomic E-state index is 13.0. The number of nitrogens with one attached hydrogen (secondary N) is 2. The zero-order chi connectivity index (χ0) is 22.2. The van der Waals surface area contributed by atoms with E-state index in [1.165, 1.54) is 0 Å². The van der Waals surface area contributed by atoms with Gasteiger partial charge in [0.25, 0.3) is 5.56 Å². The van der Waals surface area contributed by atoms with Gasteiger partial charge in [0.15, 0.2) is 23.5 Å². The Morgan fingerprint density at radius 1 is 1.50 bits per heavy atom. The maximum atomic E-state index is 13.0. The third-order valence-corrected chi connectivity index (χ3v) is 4.40. The quantitative estimate of drug-likeness (QED) is 0.482. The molecule has 1 aliphatic heterocycles. The molecule has 0 unspecified atom stereocenters. The Bertz CT molecular complexity index is 1030. The van der Waals surface area contributed by atoms with E-state index in [0.29, 0.717) is 0 Å². The Labute approximate surface area is 166 Å². The van der Waals surface area contributed by atoms with Gasteiger partial charge in [-0.25, -0.2) is 4.98 Å². The van der Waals surface area contributed by atoms with Crippen molar-refractivity contribution >= 4 is 28.7 Å². The van der Waals surface area contributed by atoms with E-state index in [1.54, 1.807) is 20.8 Å². The van der Waals surface area contributed by atoms with Gasteiger partial charge in [0.1, 0.15) is 11.8 Å². The second-order valence-corrected chi connectivity index (χ2v) is 6.82. The Morgan fingerprint density at radius 2 is 2.20 bits per heavy atom. The molecule has 14 heteroatoms. The molecule has 2 aromatic rings. The molecule has 1 fully saturated rings. The summed E-state index contributed by atoms with van der Waals surface area (Å²) in [6, 6.07) is 0. The van der Waals surface area contributed by atoms with Crippen molar-refractivity contribution < 1.29 is 32.6 Å². The predicted molar refractivity (Wildman–Crippen MR) is 96.0 cm³/mol. The highest BCUT2D eigenvalue weighted by Crippen LogP contribution is 2.36. The minimum absolute atomic E-state index is 0.146. The number of hydrogen-bond donors (Lipinski definition) is 3. The highest BCUT2D eigenvalue weighted by molar-refractivity contribution is 5.94. The number of alkyl halides is 3. The molecule has 0 aromatic carbocycles. The molecular formula is C16H19F3N6O5. The maximum Gasteiger partial charge on any atom is 0.523 e. The van der Waals surface area contributed by atoms with Crippen LogP contribution in [0.25, 0.3) is 11.2 Å². The summed E-state index contributed by atoms with van der Waals surface area (Å²) in [4.78, 5) is 34.5. The van der Waals surface area contributed by atoms with Gasteiger partial charge in [-0.15, -0.1) is 13.2 Å². The summed E-state index contributed by atoms with van der Waals surface area (Å²) in [6.07, 6.45) is -8.08. The largest absolute Gasteiger partial charge is 0.523 e. The first kappa shape index (κ1) is 21.7. The van der Waals surface area contributed by atoms with Gasteiger partial charge in [-0.2, -0.15) is 4.98 Å². The van der Waals surface area contributed by atoms with E-state index < -0.39 is 42.2 Å². The molecule has 3 atom stereocenters. The van der Waals surface area contributed by atoms with Crippen LogP contribution in [0, 0.1) is 5.92 Å². The minimum Gasteiger partial charge on any atom is -0.411 e. The number of fused-ring (bicyclic) bond motifs is 1. The van der Waals surface area contributed by atoms with Crippen LogP contribution < -0.4 is 10.9 Å². The lowest BCUT2D eigenvalue weighted by Crippen LogP contribution is -2.35. The van der Waals surface area contributed by atoms with Crippen LogP contribution in [0.1, 0.15) is 33.4 Å². The molecule has 30 heavy (non-hydrogen) atoms. The van der Waals surface area contributed by atoms with Crippen molar-refractivity contribution in [2.45, 2.75) is 52.0 Å². The number of rotatable bonds is 5. The lowest BCUT2D eigenvalue weighted by Gasteiger charge is -2.21. The molecule has 1 saturated heterocycles. The molecule has 3 rings (SSSR count). The first-order valence-corrected chi connectivity index (χ1v) is 8.95. The molecule has 0 bridgehead atoms. The summed E-state index contributed by atoms with van der Waals surface area (Å²) in [5, 5.41) is 14.6. The molecular weight excluding hydrogens is 413 g/mol. The van der Waals surface area contributed by atoms with E-state index in [4.69, 9.17) is 4.74 Å². The van der Waals surface area contributed by atoms with E-state index >= 15 is 0 Å². The van der Waals surface area contributed by atoms with Gasteiger partial charge in [0.2, 0.25) is 11.9 Å². The normalized spacial score (nSPS) is 23.6. The van der Waals surface area contributed by atoms with Gasteiger partial charge in [-0.3, -0.25) is 29.2 Å². The molecule has 164 valence electrons. The summed E-state index contributed by atoms with van der Waals surface area (Å²) in [5.74, 6) is -1.05. The van der Waals surface area contributed by atoms with Gasteiger partial charge in [-0.1, -0.05) is 25.9 Å². The number of anilines is 1. The average molecular weight is 432 g/mol. The van der Waals surface area contributed by atoms with Crippen LogP contribution in [0.4, 0.5) is 19.1 Å². The van der Waals surface area contributed by atoms with Gasteiger partial charge in [0.05, 0.1) is 6.33 Å². The molecule has 1 amide bonds. The minimum atomic E-state index is -5.05. The Hall–Kier alpha value is -3.00. The van der Waals surface area contributed by atoms with Crippen LogP contribution in [0.5, 0.6) is 0 Å². The summed E-state index contributed by atoms with van der Waals surface area (Å²) in [7, 11) is 0. The number of imidazole rings is 1. The van der Waals surface area contributed by atoms with Crippen LogP contribution in [-0.4, -0.2) is 54.9 Å². The topological polar surface area (TPSA) is 144 Å². The van der Waals surface area contributed by atoms with Crippen molar-refractivity contribution in [1.29, 1.82) is 0 Å². The molecule has 3 N–H and O–H groups in total. The van der Waals surface area contributed by atoms with E-state index in [1.807, 2.05) is 0 Å². The fraction of sp³-hybridized carbons (Fsp3) is 0.562. The molecule has 0 spiro atoms. The number of aromatic nitrogens is 4. The van der Waals surface area contributed by atoms with E-state index in [0.717, 1.165) is 10.9 Å². The molecule has 0 aliphatic carbocycles. The first-order valence-electron chi connectivity index (χ1n) is 8.95. The van der Waals surface area contributed by atoms with Crippen molar-refractivity contribution in [2.24, 2.45) is 11.1 Å². The van der Waals surface area contributed by atoms with Crippen molar-refractivity contribution in [1.82, 2.24) is 19.5 Å². The second-order valence-electron chi connectivity index (χ2n) is 6.82. The van der Waals surface area contributed by atoms with Gasteiger partial charge < -0.3 is 9.94 Å². The van der Waals surface area contributed by atoms with E-state index in [-0.39, 0.29) is 29.2 Å². The van der Waals surface area contributed by atoms with Gasteiger partial charge in [-0.05, 0) is 6.42 Å². The van der Waals surface area contributed by atoms with Crippen LogP contribution in [0.2, 0.25) is 0 Å². The summed E-state index contributed by atoms with van der Waals surface area (Å²) in [6.45, 7) is 4.88. The smallest absolute Gasteiger partial charge is 0.411 e. The molecule has 0 saturated carbocycles. The summed E-state index contributed by atoms with van der Waals surface area (Å²) >= 11 is 0. The molecule has 3 heterocycles. The fourth-order valence-corrected chi connectivity index (χ4v) is 2.97. The number of H-pyrrole nitrogens is 1. The monoisotopic (exact) mass is 432 g/mol. The third kappa shape index (κ3) is 4.14. The number of ether oxygens (including phenoxy) is 2. The number of aromatic amines is 1. The average Bonchev–Trinajstić information content (AvgIpc) is 3.21. The Balaban J connectivity index is 2.08. The third-order valence-electron chi connectivity index (χ3n) is 4.40. The van der Waals surface area contributed by atoms with Crippen LogP contribution in [-0.2, 0) is 14.3 Å². The van der Waals surface area contributed by atoms with Crippen LogP contribution in [0.3, 0.4) is 0 Å². The van der Waals surface area contributed by atoms with Crippen molar-refractivity contribution in [3.8, 4) is 0 Å². The SMILES string of the molecule is CC[C@H]1O[C@@H](n2cnc3c(=O)[nH]c(NC(=O)C(C)C)nc32)[C@H](OC(F)(F)F)C1=NO.